The third-order valence-corrected chi connectivity index (χ3v) is 4.51. The van der Waals surface area contributed by atoms with Gasteiger partial charge >= 0.3 is 0 Å². The van der Waals surface area contributed by atoms with Crippen LogP contribution in [0.4, 0.5) is 0 Å². The van der Waals surface area contributed by atoms with Crippen LogP contribution >= 0.6 is 0 Å². The van der Waals surface area contributed by atoms with E-state index in [1.165, 1.54) is 5.56 Å². The van der Waals surface area contributed by atoms with Crippen molar-refractivity contribution in [1.29, 1.82) is 0 Å². The average molecular weight is 305 g/mol. The molecule has 0 amide bonds. The summed E-state index contributed by atoms with van der Waals surface area (Å²) in [5.41, 5.74) is 1.27. The molecule has 22 heavy (non-hydrogen) atoms. The molecule has 3 rings (SSSR count). The number of piperidine rings is 1. The maximum atomic E-state index is 6.08. The van der Waals surface area contributed by atoms with Gasteiger partial charge in [0, 0.05) is 19.6 Å². The topological polar surface area (TPSA) is 30.9 Å². The first-order chi connectivity index (χ1) is 10.8. The number of aryl methyl sites for hydroxylation is 1. The summed E-state index contributed by atoms with van der Waals surface area (Å²) < 4.78 is 17.2. The molecule has 0 saturated carbocycles. The summed E-state index contributed by atoms with van der Waals surface area (Å²) in [6.07, 6.45) is 3.93. The first kappa shape index (κ1) is 15.8. The van der Waals surface area contributed by atoms with Gasteiger partial charge in [-0.1, -0.05) is 17.7 Å². The van der Waals surface area contributed by atoms with Crippen molar-refractivity contribution in [3.8, 4) is 5.75 Å². The number of likely N-dealkylation sites (tertiary alicyclic amines) is 1. The first-order valence-corrected chi connectivity index (χ1v) is 8.44. The van der Waals surface area contributed by atoms with Crippen LogP contribution in [0.1, 0.15) is 24.8 Å². The number of nitrogens with zero attached hydrogens (tertiary/aromatic N) is 1. The molecule has 2 aliphatic heterocycles. The van der Waals surface area contributed by atoms with E-state index in [9.17, 15) is 0 Å². The Morgan fingerprint density at radius 2 is 1.91 bits per heavy atom. The Hall–Kier alpha value is -1.10. The van der Waals surface area contributed by atoms with E-state index in [-0.39, 0.29) is 6.10 Å². The van der Waals surface area contributed by atoms with Crippen LogP contribution in [0.25, 0.3) is 0 Å². The van der Waals surface area contributed by atoms with Crippen LogP contribution < -0.4 is 4.74 Å². The summed E-state index contributed by atoms with van der Waals surface area (Å²) in [4.78, 5) is 2.52. The lowest BCUT2D eigenvalue weighted by atomic mass is 10.1. The van der Waals surface area contributed by atoms with Gasteiger partial charge in [0.1, 0.15) is 11.9 Å². The van der Waals surface area contributed by atoms with Gasteiger partial charge in [-0.3, -0.25) is 0 Å². The molecule has 1 aromatic carbocycles. The van der Waals surface area contributed by atoms with Crippen LogP contribution in [0.5, 0.6) is 5.75 Å². The Balaban J connectivity index is 1.36. The van der Waals surface area contributed by atoms with E-state index in [1.807, 2.05) is 0 Å². The molecule has 122 valence electrons. The van der Waals surface area contributed by atoms with Crippen LogP contribution in [-0.4, -0.2) is 56.6 Å². The molecule has 4 nitrogen and oxygen atoms in total. The van der Waals surface area contributed by atoms with Crippen LogP contribution in [0.15, 0.2) is 24.3 Å². The standard InChI is InChI=1S/C18H27NO3/c1-15-2-4-16(5-3-15)22-17-6-9-19(10-7-17)11-8-18-14-20-12-13-21-18/h2-5,17-18H,6-14H2,1H3. The minimum Gasteiger partial charge on any atom is -0.490 e. The van der Waals surface area contributed by atoms with Crippen LogP contribution in [-0.2, 0) is 9.47 Å². The van der Waals surface area contributed by atoms with E-state index < -0.39 is 0 Å². The van der Waals surface area contributed by atoms with Crippen molar-refractivity contribution in [2.45, 2.75) is 38.4 Å². The lowest BCUT2D eigenvalue weighted by molar-refractivity contribution is -0.0933. The third kappa shape index (κ3) is 4.70. The molecule has 0 radical (unpaired) electrons. The zero-order valence-electron chi connectivity index (χ0n) is 13.5. The Bertz CT molecular complexity index is 434. The van der Waals surface area contributed by atoms with Gasteiger partial charge in [0.2, 0.25) is 0 Å². The Morgan fingerprint density at radius 3 is 2.59 bits per heavy atom. The number of benzene rings is 1. The third-order valence-electron chi connectivity index (χ3n) is 4.51. The molecule has 1 aromatic rings. The summed E-state index contributed by atoms with van der Waals surface area (Å²) in [6.45, 7) is 7.69. The van der Waals surface area contributed by atoms with Crippen LogP contribution in [0.2, 0.25) is 0 Å². The molecule has 0 spiro atoms. The van der Waals surface area contributed by atoms with Gasteiger partial charge in [0.25, 0.3) is 0 Å². The van der Waals surface area contributed by atoms with Gasteiger partial charge in [0.05, 0.1) is 25.9 Å². The highest BCUT2D eigenvalue weighted by molar-refractivity contribution is 5.26. The van der Waals surface area contributed by atoms with Gasteiger partial charge in [0.15, 0.2) is 0 Å². The molecule has 0 aromatic heterocycles. The van der Waals surface area contributed by atoms with Crippen molar-refractivity contribution in [2.24, 2.45) is 0 Å². The molecule has 0 N–H and O–H groups in total. The molecule has 0 bridgehead atoms. The Kier molecular flexibility index (Phi) is 5.70. The fourth-order valence-corrected chi connectivity index (χ4v) is 3.09. The molecule has 2 saturated heterocycles. The van der Waals surface area contributed by atoms with Crippen molar-refractivity contribution >= 4 is 0 Å². The highest BCUT2D eigenvalue weighted by Gasteiger charge is 2.22. The minimum atomic E-state index is 0.287. The molecule has 1 atom stereocenters. The quantitative estimate of drug-likeness (QED) is 0.837. The zero-order chi connectivity index (χ0) is 15.2. The highest BCUT2D eigenvalue weighted by Crippen LogP contribution is 2.20. The predicted octanol–water partition coefficient (Wildman–Crippen LogP) is 2.64. The van der Waals surface area contributed by atoms with Gasteiger partial charge in [-0.2, -0.15) is 0 Å². The van der Waals surface area contributed by atoms with Crippen molar-refractivity contribution < 1.29 is 14.2 Å². The second-order valence-electron chi connectivity index (χ2n) is 6.33. The van der Waals surface area contributed by atoms with Gasteiger partial charge in [-0.25, -0.2) is 0 Å². The van der Waals surface area contributed by atoms with E-state index >= 15 is 0 Å². The van der Waals surface area contributed by atoms with Crippen molar-refractivity contribution in [1.82, 2.24) is 4.90 Å². The zero-order valence-corrected chi connectivity index (χ0v) is 13.5. The lowest BCUT2D eigenvalue weighted by Crippen LogP contribution is -2.40. The van der Waals surface area contributed by atoms with E-state index in [0.717, 1.165) is 64.5 Å². The molecule has 4 heteroatoms. The van der Waals surface area contributed by atoms with Crippen LogP contribution in [0, 0.1) is 6.92 Å². The van der Waals surface area contributed by atoms with E-state index in [2.05, 4.69) is 36.1 Å². The fourth-order valence-electron chi connectivity index (χ4n) is 3.09. The first-order valence-electron chi connectivity index (χ1n) is 8.44. The molecule has 2 aliphatic rings. The Labute approximate surface area is 133 Å². The maximum absolute atomic E-state index is 6.08. The monoisotopic (exact) mass is 305 g/mol. The summed E-state index contributed by atoms with van der Waals surface area (Å²) >= 11 is 0. The molecular formula is C18H27NO3. The van der Waals surface area contributed by atoms with E-state index in [4.69, 9.17) is 14.2 Å². The second kappa shape index (κ2) is 7.95. The predicted molar refractivity (Wildman–Crippen MR) is 86.4 cm³/mol. The van der Waals surface area contributed by atoms with Gasteiger partial charge in [-0.15, -0.1) is 0 Å². The molecule has 2 heterocycles. The summed E-state index contributed by atoms with van der Waals surface area (Å²) in [5.74, 6) is 0.997. The summed E-state index contributed by atoms with van der Waals surface area (Å²) in [7, 11) is 0. The number of rotatable bonds is 5. The molecule has 0 aliphatic carbocycles. The average Bonchev–Trinajstić information content (AvgIpc) is 2.57. The van der Waals surface area contributed by atoms with Crippen molar-refractivity contribution in [3.63, 3.8) is 0 Å². The van der Waals surface area contributed by atoms with Crippen molar-refractivity contribution in [2.75, 3.05) is 39.5 Å². The minimum absolute atomic E-state index is 0.287. The number of hydrogen-bond donors (Lipinski definition) is 0. The number of hydrogen-bond acceptors (Lipinski definition) is 4. The maximum Gasteiger partial charge on any atom is 0.119 e. The molecule has 2 fully saturated rings. The largest absolute Gasteiger partial charge is 0.490 e. The van der Waals surface area contributed by atoms with Gasteiger partial charge in [-0.05, 0) is 38.3 Å². The van der Waals surface area contributed by atoms with E-state index in [1.54, 1.807) is 0 Å². The van der Waals surface area contributed by atoms with Crippen molar-refractivity contribution in [3.05, 3.63) is 29.8 Å². The highest BCUT2D eigenvalue weighted by atomic mass is 16.6. The van der Waals surface area contributed by atoms with Gasteiger partial charge < -0.3 is 19.1 Å². The summed E-state index contributed by atoms with van der Waals surface area (Å²) in [6, 6.07) is 8.36. The normalized spacial score (nSPS) is 24.3. The molecular weight excluding hydrogens is 278 g/mol. The SMILES string of the molecule is Cc1ccc(OC2CCN(CCC3COCCO3)CC2)cc1. The Morgan fingerprint density at radius 1 is 1.14 bits per heavy atom. The summed E-state index contributed by atoms with van der Waals surface area (Å²) in [5, 5.41) is 0. The second-order valence-corrected chi connectivity index (χ2v) is 6.33. The van der Waals surface area contributed by atoms with Crippen LogP contribution in [0.3, 0.4) is 0 Å². The van der Waals surface area contributed by atoms with E-state index in [0.29, 0.717) is 6.10 Å². The fraction of sp³-hybridized carbons (Fsp3) is 0.667. The smallest absolute Gasteiger partial charge is 0.119 e. The lowest BCUT2D eigenvalue weighted by Gasteiger charge is -2.33. The molecule has 1 unspecified atom stereocenters. The number of ether oxygens (including phenoxy) is 3.